The van der Waals surface area contributed by atoms with E-state index in [1.807, 2.05) is 0 Å². The zero-order valence-electron chi connectivity index (χ0n) is 9.25. The molecule has 1 atom stereocenters. The molecule has 0 amide bonds. The SMILES string of the molecule is CCCCN1c2ccccc2CC1CCl. The number of rotatable bonds is 4. The molecule has 1 aromatic carbocycles. The van der Waals surface area contributed by atoms with Gasteiger partial charge in [0.2, 0.25) is 0 Å². The van der Waals surface area contributed by atoms with E-state index < -0.39 is 0 Å². The number of hydrogen-bond donors (Lipinski definition) is 0. The molecular formula is C13H18ClN. The highest BCUT2D eigenvalue weighted by Crippen LogP contribution is 2.32. The van der Waals surface area contributed by atoms with Crippen LogP contribution in [0, 0.1) is 0 Å². The second kappa shape index (κ2) is 4.89. The van der Waals surface area contributed by atoms with Crippen molar-refractivity contribution in [3.63, 3.8) is 0 Å². The molecule has 0 saturated heterocycles. The van der Waals surface area contributed by atoms with Crippen molar-refractivity contribution in [2.75, 3.05) is 17.3 Å². The quantitative estimate of drug-likeness (QED) is 0.707. The van der Waals surface area contributed by atoms with Crippen LogP contribution in [0.5, 0.6) is 0 Å². The molecule has 0 aromatic heterocycles. The summed E-state index contributed by atoms with van der Waals surface area (Å²) < 4.78 is 0. The Balaban J connectivity index is 2.18. The van der Waals surface area contributed by atoms with Crippen molar-refractivity contribution in [3.8, 4) is 0 Å². The van der Waals surface area contributed by atoms with Crippen LogP contribution in [0.25, 0.3) is 0 Å². The van der Waals surface area contributed by atoms with Crippen LogP contribution in [0.4, 0.5) is 5.69 Å². The summed E-state index contributed by atoms with van der Waals surface area (Å²) in [5.41, 5.74) is 2.86. The molecule has 1 aliphatic heterocycles. The van der Waals surface area contributed by atoms with Gasteiger partial charge in [-0.2, -0.15) is 0 Å². The molecule has 0 fully saturated rings. The van der Waals surface area contributed by atoms with Crippen molar-refractivity contribution in [1.29, 1.82) is 0 Å². The molecule has 1 unspecified atom stereocenters. The summed E-state index contributed by atoms with van der Waals surface area (Å²) in [6.45, 7) is 3.38. The predicted octanol–water partition coefficient (Wildman–Crippen LogP) is 3.46. The van der Waals surface area contributed by atoms with Crippen molar-refractivity contribution in [1.82, 2.24) is 0 Å². The Kier molecular flexibility index (Phi) is 3.53. The van der Waals surface area contributed by atoms with Crippen molar-refractivity contribution in [2.45, 2.75) is 32.2 Å². The fourth-order valence-electron chi connectivity index (χ4n) is 2.29. The average Bonchev–Trinajstić information content (AvgIpc) is 2.64. The van der Waals surface area contributed by atoms with Gasteiger partial charge in [-0.1, -0.05) is 31.5 Å². The lowest BCUT2D eigenvalue weighted by atomic mass is 10.1. The molecule has 0 saturated carbocycles. The summed E-state index contributed by atoms with van der Waals surface area (Å²) >= 11 is 6.03. The molecule has 0 N–H and O–H groups in total. The van der Waals surface area contributed by atoms with Crippen LogP contribution in [0.15, 0.2) is 24.3 Å². The number of para-hydroxylation sites is 1. The fraction of sp³-hybridized carbons (Fsp3) is 0.538. The number of hydrogen-bond acceptors (Lipinski definition) is 1. The first-order valence-electron chi connectivity index (χ1n) is 5.77. The molecule has 2 rings (SSSR count). The van der Waals surface area contributed by atoms with Crippen molar-refractivity contribution in [2.24, 2.45) is 0 Å². The second-order valence-electron chi connectivity index (χ2n) is 4.19. The van der Waals surface area contributed by atoms with E-state index in [1.54, 1.807) is 0 Å². The monoisotopic (exact) mass is 223 g/mol. The molecule has 1 aromatic rings. The molecule has 82 valence electrons. The molecule has 0 radical (unpaired) electrons. The smallest absolute Gasteiger partial charge is 0.0466 e. The van der Waals surface area contributed by atoms with Crippen LogP contribution >= 0.6 is 11.6 Å². The van der Waals surface area contributed by atoms with E-state index >= 15 is 0 Å². The second-order valence-corrected chi connectivity index (χ2v) is 4.50. The zero-order chi connectivity index (χ0) is 10.7. The van der Waals surface area contributed by atoms with Gasteiger partial charge in [-0.25, -0.2) is 0 Å². The van der Waals surface area contributed by atoms with Gasteiger partial charge in [0, 0.05) is 24.2 Å². The Hall–Kier alpha value is -0.690. The molecule has 1 aliphatic rings. The summed E-state index contributed by atoms with van der Waals surface area (Å²) in [4.78, 5) is 2.48. The maximum atomic E-state index is 6.03. The molecule has 0 spiro atoms. The van der Waals surface area contributed by atoms with Crippen LogP contribution < -0.4 is 4.90 Å². The van der Waals surface area contributed by atoms with Crippen molar-refractivity contribution < 1.29 is 0 Å². The maximum Gasteiger partial charge on any atom is 0.0466 e. The highest BCUT2D eigenvalue weighted by Gasteiger charge is 2.27. The molecule has 15 heavy (non-hydrogen) atoms. The first-order chi connectivity index (χ1) is 7.36. The van der Waals surface area contributed by atoms with Crippen LogP contribution in [-0.4, -0.2) is 18.5 Å². The number of halogens is 1. The van der Waals surface area contributed by atoms with Gasteiger partial charge in [-0.05, 0) is 24.5 Å². The molecule has 0 bridgehead atoms. The van der Waals surface area contributed by atoms with Crippen LogP contribution in [0.3, 0.4) is 0 Å². The van der Waals surface area contributed by atoms with Crippen LogP contribution in [0.1, 0.15) is 25.3 Å². The van der Waals surface area contributed by atoms with Crippen LogP contribution in [0.2, 0.25) is 0 Å². The molecule has 1 heterocycles. The largest absolute Gasteiger partial charge is 0.367 e. The topological polar surface area (TPSA) is 3.24 Å². The summed E-state index contributed by atoms with van der Waals surface area (Å²) in [5.74, 6) is 0.735. The highest BCUT2D eigenvalue weighted by molar-refractivity contribution is 6.18. The maximum absolute atomic E-state index is 6.03. The molecule has 2 heteroatoms. The van der Waals surface area contributed by atoms with E-state index in [4.69, 9.17) is 11.6 Å². The lowest BCUT2D eigenvalue weighted by Crippen LogP contribution is -2.34. The number of anilines is 1. The van der Waals surface area contributed by atoms with E-state index in [2.05, 4.69) is 36.1 Å². The summed E-state index contributed by atoms with van der Waals surface area (Å²) in [5, 5.41) is 0. The van der Waals surface area contributed by atoms with Gasteiger partial charge in [0.25, 0.3) is 0 Å². The lowest BCUT2D eigenvalue weighted by Gasteiger charge is -2.25. The van der Waals surface area contributed by atoms with Gasteiger partial charge < -0.3 is 4.90 Å². The van der Waals surface area contributed by atoms with E-state index in [1.165, 1.54) is 24.1 Å². The zero-order valence-corrected chi connectivity index (χ0v) is 10.0. The third-order valence-electron chi connectivity index (χ3n) is 3.13. The van der Waals surface area contributed by atoms with Gasteiger partial charge >= 0.3 is 0 Å². The third-order valence-corrected chi connectivity index (χ3v) is 3.48. The Morgan fingerprint density at radius 2 is 2.20 bits per heavy atom. The number of unbranched alkanes of at least 4 members (excludes halogenated alkanes) is 1. The first kappa shape index (κ1) is 10.8. The molecule has 0 aliphatic carbocycles. The predicted molar refractivity (Wildman–Crippen MR) is 66.9 cm³/mol. The fourth-order valence-corrected chi connectivity index (χ4v) is 2.57. The van der Waals surface area contributed by atoms with Gasteiger partial charge in [0.15, 0.2) is 0 Å². The van der Waals surface area contributed by atoms with E-state index in [9.17, 15) is 0 Å². The average molecular weight is 224 g/mol. The Morgan fingerprint density at radius 1 is 1.40 bits per heavy atom. The minimum Gasteiger partial charge on any atom is -0.367 e. The highest BCUT2D eigenvalue weighted by atomic mass is 35.5. The van der Waals surface area contributed by atoms with E-state index in [0.717, 1.165) is 18.8 Å². The van der Waals surface area contributed by atoms with Crippen molar-refractivity contribution in [3.05, 3.63) is 29.8 Å². The Labute approximate surface area is 97.0 Å². The van der Waals surface area contributed by atoms with Gasteiger partial charge in [0.05, 0.1) is 0 Å². The third kappa shape index (κ3) is 2.12. The van der Waals surface area contributed by atoms with Crippen LogP contribution in [-0.2, 0) is 6.42 Å². The summed E-state index contributed by atoms with van der Waals surface area (Å²) in [6, 6.07) is 9.19. The lowest BCUT2D eigenvalue weighted by molar-refractivity contribution is 0.645. The van der Waals surface area contributed by atoms with Crippen molar-refractivity contribution >= 4 is 17.3 Å². The number of alkyl halides is 1. The molecule has 1 nitrogen and oxygen atoms in total. The minimum absolute atomic E-state index is 0.510. The van der Waals surface area contributed by atoms with E-state index in [-0.39, 0.29) is 0 Å². The van der Waals surface area contributed by atoms with E-state index in [0.29, 0.717) is 6.04 Å². The summed E-state index contributed by atoms with van der Waals surface area (Å²) in [6.07, 6.45) is 3.61. The first-order valence-corrected chi connectivity index (χ1v) is 6.30. The van der Waals surface area contributed by atoms with Gasteiger partial charge in [-0.3, -0.25) is 0 Å². The summed E-state index contributed by atoms with van der Waals surface area (Å²) in [7, 11) is 0. The van der Waals surface area contributed by atoms with Gasteiger partial charge in [-0.15, -0.1) is 11.6 Å². The molecular weight excluding hydrogens is 206 g/mol. The number of nitrogens with zero attached hydrogens (tertiary/aromatic N) is 1. The Morgan fingerprint density at radius 3 is 2.93 bits per heavy atom. The minimum atomic E-state index is 0.510. The Bertz CT molecular complexity index is 324. The normalized spacial score (nSPS) is 19.3. The standard InChI is InChI=1S/C13H18ClN/c1-2-3-8-15-12(10-14)9-11-6-4-5-7-13(11)15/h4-7,12H,2-3,8-10H2,1H3. The number of fused-ring (bicyclic) bond motifs is 1. The number of benzene rings is 1. The van der Waals surface area contributed by atoms with Gasteiger partial charge in [0.1, 0.15) is 0 Å².